The van der Waals surface area contributed by atoms with Gasteiger partial charge in [-0.25, -0.2) is 0 Å². The number of nitrogens with one attached hydrogen (secondary N) is 1. The number of benzene rings is 1. The summed E-state index contributed by atoms with van der Waals surface area (Å²) < 4.78 is 52.0. The first-order valence-electron chi connectivity index (χ1n) is 6.98. The molecule has 0 radical (unpaired) electrons. The number of ether oxygens (including phenoxy) is 2. The molecule has 0 spiro atoms. The van der Waals surface area contributed by atoms with Crippen molar-refractivity contribution in [1.82, 2.24) is 9.97 Å². The molecule has 10 heteroatoms. The number of halogens is 3. The van der Waals surface area contributed by atoms with E-state index in [4.69, 9.17) is 9.47 Å². The van der Waals surface area contributed by atoms with Gasteiger partial charge in [-0.2, -0.15) is 18.7 Å². The molecule has 2 rings (SSSR count). The van der Waals surface area contributed by atoms with Crippen LogP contribution >= 0.6 is 0 Å². The van der Waals surface area contributed by atoms with Gasteiger partial charge in [-0.15, -0.1) is 5.12 Å². The van der Waals surface area contributed by atoms with E-state index in [0.29, 0.717) is 5.56 Å². The van der Waals surface area contributed by atoms with E-state index in [1.165, 1.54) is 43.8 Å². The lowest BCUT2D eigenvalue weighted by molar-refractivity contribution is -0.141. The molecule has 1 amide bonds. The van der Waals surface area contributed by atoms with Gasteiger partial charge >= 0.3 is 12.0 Å². The van der Waals surface area contributed by atoms with Crippen molar-refractivity contribution >= 4 is 17.5 Å². The van der Waals surface area contributed by atoms with Gasteiger partial charge in [0.1, 0.15) is 0 Å². The number of carbonyl (C=O) groups excluding carboxylic acids is 1. The Balaban J connectivity index is 2.27. The van der Waals surface area contributed by atoms with Crippen molar-refractivity contribution < 1.29 is 27.5 Å². The number of methoxy groups -OCH3 is 2. The second kappa shape index (κ2) is 7.24. The Labute approximate surface area is 141 Å². The number of amides is 1. The number of anilines is 2. The van der Waals surface area contributed by atoms with Crippen molar-refractivity contribution in [3.05, 3.63) is 35.9 Å². The van der Waals surface area contributed by atoms with Gasteiger partial charge in [0.05, 0.1) is 25.5 Å². The van der Waals surface area contributed by atoms with Gasteiger partial charge in [-0.05, 0) is 19.1 Å². The summed E-state index contributed by atoms with van der Waals surface area (Å²) in [5.74, 6) is -2.84. The van der Waals surface area contributed by atoms with E-state index >= 15 is 0 Å². The van der Waals surface area contributed by atoms with E-state index in [1.807, 2.05) is 0 Å². The summed E-state index contributed by atoms with van der Waals surface area (Å²) >= 11 is 0. The van der Waals surface area contributed by atoms with Crippen LogP contribution in [0.3, 0.4) is 0 Å². The summed E-state index contributed by atoms with van der Waals surface area (Å²) in [4.78, 5) is 19.2. The molecule has 0 aliphatic heterocycles. The second-order valence-corrected chi connectivity index (χ2v) is 4.81. The minimum absolute atomic E-state index is 0.0298. The molecule has 1 aromatic carbocycles. The minimum atomic E-state index is -4.31. The van der Waals surface area contributed by atoms with Gasteiger partial charge in [0, 0.05) is 0 Å². The van der Waals surface area contributed by atoms with E-state index in [0.717, 1.165) is 0 Å². The normalized spacial score (nSPS) is 11.0. The molecule has 0 aliphatic carbocycles. The predicted molar refractivity (Wildman–Crippen MR) is 83.5 cm³/mol. The lowest BCUT2D eigenvalue weighted by atomic mass is 10.3. The van der Waals surface area contributed by atoms with Crippen LogP contribution in [0.15, 0.2) is 30.3 Å². The molecule has 1 heterocycles. The average molecular weight is 356 g/mol. The van der Waals surface area contributed by atoms with Gasteiger partial charge < -0.3 is 9.47 Å². The van der Waals surface area contributed by atoms with Gasteiger partial charge in [0.2, 0.25) is 17.7 Å². The van der Waals surface area contributed by atoms with Crippen LogP contribution in [0, 0.1) is 6.92 Å². The van der Waals surface area contributed by atoms with Gasteiger partial charge in [0.15, 0.2) is 0 Å². The highest BCUT2D eigenvalue weighted by atomic mass is 19.3. The maximum Gasteiger partial charge on any atom is 0.407 e. The summed E-state index contributed by atoms with van der Waals surface area (Å²) in [6, 6.07) is 2.39. The molecular weight excluding hydrogens is 341 g/mol. The smallest absolute Gasteiger partial charge is 0.407 e. The van der Waals surface area contributed by atoms with Crippen LogP contribution in [0.2, 0.25) is 0 Å². The molecule has 2 aromatic rings. The zero-order chi connectivity index (χ0) is 18.6. The van der Waals surface area contributed by atoms with E-state index < -0.39 is 23.0 Å². The molecule has 7 nitrogen and oxygen atoms in total. The van der Waals surface area contributed by atoms with Crippen LogP contribution in [0.4, 0.5) is 24.9 Å². The molecule has 0 aliphatic rings. The molecule has 0 unspecified atom stereocenters. The summed E-state index contributed by atoms with van der Waals surface area (Å²) in [5, 5.41) is 0.842. The van der Waals surface area contributed by atoms with Crippen LogP contribution in [-0.2, 0) is 4.79 Å². The van der Waals surface area contributed by atoms with E-state index in [-0.39, 0.29) is 17.4 Å². The number of alkyl halides is 2. The van der Waals surface area contributed by atoms with Gasteiger partial charge in [-0.1, -0.05) is 22.7 Å². The molecule has 0 bridgehead atoms. The van der Waals surface area contributed by atoms with Crippen LogP contribution in [-0.4, -0.2) is 36.1 Å². The van der Waals surface area contributed by atoms with E-state index in [1.54, 1.807) is 13.0 Å². The van der Waals surface area contributed by atoms with Crippen molar-refractivity contribution in [3.63, 3.8) is 0 Å². The number of para-hydroxylation sites is 1. The zero-order valence-electron chi connectivity index (χ0n) is 13.6. The third-order valence-electron chi connectivity index (χ3n) is 3.14. The second-order valence-electron chi connectivity index (χ2n) is 4.81. The first-order valence-corrected chi connectivity index (χ1v) is 6.98. The van der Waals surface area contributed by atoms with Gasteiger partial charge in [0.25, 0.3) is 0 Å². The Morgan fingerprint density at radius 3 is 2.12 bits per heavy atom. The summed E-state index contributed by atoms with van der Waals surface area (Å²) in [5.41, 5.74) is 0.0376. The lowest BCUT2D eigenvalue weighted by Gasteiger charge is -2.21. The summed E-state index contributed by atoms with van der Waals surface area (Å²) in [6.45, 7) is 1.56. The molecular formula is C15H15F3N4O3. The van der Waals surface area contributed by atoms with Crippen molar-refractivity contribution in [2.75, 3.05) is 24.7 Å². The quantitative estimate of drug-likeness (QED) is 0.634. The predicted octanol–water partition coefficient (Wildman–Crippen LogP) is 2.72. The summed E-state index contributed by atoms with van der Waals surface area (Å²) in [6.07, 6.45) is 0. The molecule has 1 N–H and O–H groups in total. The third kappa shape index (κ3) is 3.90. The van der Waals surface area contributed by atoms with E-state index in [9.17, 15) is 18.1 Å². The molecule has 0 fully saturated rings. The highest BCUT2D eigenvalue weighted by Gasteiger charge is 2.44. The average Bonchev–Trinajstić information content (AvgIpc) is 2.62. The Morgan fingerprint density at radius 2 is 1.64 bits per heavy atom. The van der Waals surface area contributed by atoms with E-state index in [2.05, 4.69) is 9.97 Å². The number of hydrogen-bond donors (Lipinski definition) is 1. The van der Waals surface area contributed by atoms with Crippen molar-refractivity contribution in [2.24, 2.45) is 0 Å². The topological polar surface area (TPSA) is 76.6 Å². The molecule has 134 valence electrons. The fourth-order valence-corrected chi connectivity index (χ4v) is 1.92. The fraction of sp³-hybridized carbons (Fsp3) is 0.267. The first-order chi connectivity index (χ1) is 11.8. The molecule has 1 aromatic heterocycles. The van der Waals surface area contributed by atoms with Crippen LogP contribution in [0.25, 0.3) is 0 Å². The SMILES string of the molecule is COc1nc(NC(F)(F)C(=O)N(F)c2ccccc2)nc(OC)c1C. The Bertz CT molecular complexity index is 734. The number of hydrogen-bond acceptors (Lipinski definition) is 6. The highest BCUT2D eigenvalue weighted by Crippen LogP contribution is 2.28. The Kier molecular flexibility index (Phi) is 5.30. The zero-order valence-corrected chi connectivity index (χ0v) is 13.6. The Hall–Kier alpha value is -3.04. The Morgan fingerprint density at radius 1 is 1.12 bits per heavy atom. The van der Waals surface area contributed by atoms with Crippen molar-refractivity contribution in [2.45, 2.75) is 13.0 Å². The maximum atomic E-state index is 14.1. The third-order valence-corrected chi connectivity index (χ3v) is 3.14. The molecule has 25 heavy (non-hydrogen) atoms. The highest BCUT2D eigenvalue weighted by molar-refractivity contribution is 5.97. The maximum absolute atomic E-state index is 14.1. The largest absolute Gasteiger partial charge is 0.481 e. The summed E-state index contributed by atoms with van der Waals surface area (Å²) in [7, 11) is 2.56. The molecule has 0 saturated carbocycles. The van der Waals surface area contributed by atoms with Crippen molar-refractivity contribution in [3.8, 4) is 11.8 Å². The number of nitrogens with zero attached hydrogens (tertiary/aromatic N) is 3. The monoisotopic (exact) mass is 356 g/mol. The van der Waals surface area contributed by atoms with Gasteiger partial charge in [-0.3, -0.25) is 10.1 Å². The number of aromatic nitrogens is 2. The molecule has 0 saturated heterocycles. The minimum Gasteiger partial charge on any atom is -0.481 e. The number of carbonyl (C=O) groups is 1. The lowest BCUT2D eigenvalue weighted by Crippen LogP contribution is -2.45. The molecule has 0 atom stereocenters. The standard InChI is InChI=1S/C15H15F3N4O3/c1-9-11(24-2)19-14(20-12(9)25-3)21-15(16,17)13(23)22(18)10-7-5-4-6-8-10/h4-8H,1-3H3,(H,19,20,21). The van der Waals surface area contributed by atoms with Crippen LogP contribution in [0.5, 0.6) is 11.8 Å². The first kappa shape index (κ1) is 18.3. The van der Waals surface area contributed by atoms with Crippen LogP contribution < -0.4 is 19.9 Å². The number of rotatable bonds is 6. The van der Waals surface area contributed by atoms with Crippen molar-refractivity contribution in [1.29, 1.82) is 0 Å². The fourth-order valence-electron chi connectivity index (χ4n) is 1.92. The van der Waals surface area contributed by atoms with Crippen LogP contribution in [0.1, 0.15) is 5.56 Å².